The minimum absolute atomic E-state index is 0.324. The van der Waals surface area contributed by atoms with E-state index in [1.807, 2.05) is 37.6 Å². The van der Waals surface area contributed by atoms with Crippen molar-refractivity contribution in [3.63, 3.8) is 0 Å². The van der Waals surface area contributed by atoms with Gasteiger partial charge in [-0.2, -0.15) is 10.1 Å². The molecule has 45 heavy (non-hydrogen) atoms. The summed E-state index contributed by atoms with van der Waals surface area (Å²) in [4.78, 5) is 22.4. The van der Waals surface area contributed by atoms with Gasteiger partial charge in [0, 0.05) is 88.2 Å². The van der Waals surface area contributed by atoms with Gasteiger partial charge in [0.05, 0.1) is 34.7 Å². The molecule has 0 saturated heterocycles. The van der Waals surface area contributed by atoms with Gasteiger partial charge < -0.3 is 29.7 Å². The number of nitrogens with one attached hydrogen (secondary N) is 2. The highest BCUT2D eigenvalue weighted by molar-refractivity contribution is 9.10. The zero-order chi connectivity index (χ0) is 32.3. The standard InChI is InChI=1S/C30H36BrN10O3P/c1-39(2)12-13-40(3)25-15-26(43-5)24(14-20(25)19-16-35-41(4)18-19)37-30-34-17-21(31)29(38-30)36-23-9-8-22-27(33-11-10-32-22)28(23)44-45(6,7)42/h8-11,14-18H,12-13H2,1-7H3,(H2,34,36,37,38). The summed E-state index contributed by atoms with van der Waals surface area (Å²) in [6.07, 6.45) is 8.62. The number of aromatic nitrogens is 6. The summed E-state index contributed by atoms with van der Waals surface area (Å²) in [5, 5.41) is 11.0. The number of anilines is 5. The number of rotatable bonds is 12. The van der Waals surface area contributed by atoms with Crippen LogP contribution in [0.15, 0.2) is 59.7 Å². The average molecular weight is 696 g/mol. The molecule has 0 aliphatic carbocycles. The van der Waals surface area contributed by atoms with Crippen LogP contribution in [-0.4, -0.2) is 89.3 Å². The van der Waals surface area contributed by atoms with Crippen molar-refractivity contribution < 1.29 is 13.8 Å². The fourth-order valence-electron chi connectivity index (χ4n) is 4.60. The topological polar surface area (TPSA) is 135 Å². The zero-order valence-electron chi connectivity index (χ0n) is 26.2. The zero-order valence-corrected chi connectivity index (χ0v) is 28.7. The molecule has 0 fully saturated rings. The Balaban J connectivity index is 1.52. The summed E-state index contributed by atoms with van der Waals surface area (Å²) in [7, 11) is 6.76. The van der Waals surface area contributed by atoms with Crippen molar-refractivity contribution in [1.29, 1.82) is 0 Å². The second-order valence-corrected chi connectivity index (χ2v) is 14.6. The molecule has 3 aromatic heterocycles. The Labute approximate surface area is 270 Å². The lowest BCUT2D eigenvalue weighted by Gasteiger charge is -2.25. The largest absolute Gasteiger partial charge is 0.494 e. The van der Waals surface area contributed by atoms with Gasteiger partial charge in [0.2, 0.25) is 13.3 Å². The number of fused-ring (bicyclic) bond motifs is 1. The number of likely N-dealkylation sites (N-methyl/N-ethyl adjacent to an activating group) is 2. The SMILES string of the molecule is COc1cc(N(C)CCN(C)C)c(-c2cnn(C)c2)cc1Nc1ncc(Br)c(Nc2ccc3nccnc3c2OP(C)(C)=O)n1. The summed E-state index contributed by atoms with van der Waals surface area (Å²) in [6.45, 7) is 4.80. The third-order valence-electron chi connectivity index (χ3n) is 6.78. The van der Waals surface area contributed by atoms with Gasteiger partial charge in [-0.1, -0.05) is 0 Å². The van der Waals surface area contributed by atoms with Crippen molar-refractivity contribution in [2.24, 2.45) is 7.05 Å². The van der Waals surface area contributed by atoms with Crippen molar-refractivity contribution in [2.75, 3.05) is 70.2 Å². The van der Waals surface area contributed by atoms with Gasteiger partial charge >= 0.3 is 0 Å². The van der Waals surface area contributed by atoms with Gasteiger partial charge in [0.1, 0.15) is 17.1 Å². The third kappa shape index (κ3) is 7.70. The van der Waals surface area contributed by atoms with Gasteiger partial charge in [-0.05, 0) is 48.2 Å². The van der Waals surface area contributed by atoms with Gasteiger partial charge in [0.15, 0.2) is 5.75 Å². The highest BCUT2D eigenvalue weighted by atomic mass is 79.9. The summed E-state index contributed by atoms with van der Waals surface area (Å²) < 4.78 is 26.8. The molecule has 2 aromatic carbocycles. The molecule has 5 rings (SSSR count). The van der Waals surface area contributed by atoms with Gasteiger partial charge in [0.25, 0.3) is 0 Å². The quantitative estimate of drug-likeness (QED) is 0.148. The number of ether oxygens (including phenoxy) is 1. The van der Waals surface area contributed by atoms with Crippen LogP contribution in [0, 0.1) is 0 Å². The number of methoxy groups -OCH3 is 1. The summed E-state index contributed by atoms with van der Waals surface area (Å²) in [5.74, 6) is 1.73. The number of hydrogen-bond acceptors (Lipinski definition) is 12. The Kier molecular flexibility index (Phi) is 9.56. The second kappa shape index (κ2) is 13.4. The van der Waals surface area contributed by atoms with Crippen LogP contribution in [0.1, 0.15) is 0 Å². The second-order valence-electron chi connectivity index (χ2n) is 11.0. The summed E-state index contributed by atoms with van der Waals surface area (Å²) in [6, 6.07) is 7.62. The molecule has 0 radical (unpaired) electrons. The van der Waals surface area contributed by atoms with Crippen LogP contribution in [0.2, 0.25) is 0 Å². The maximum Gasteiger partial charge on any atom is 0.242 e. The minimum atomic E-state index is -2.94. The van der Waals surface area contributed by atoms with Gasteiger partial charge in [-0.25, -0.2) is 9.97 Å². The molecule has 15 heteroatoms. The van der Waals surface area contributed by atoms with E-state index < -0.39 is 7.37 Å². The van der Waals surface area contributed by atoms with Crippen LogP contribution in [0.4, 0.5) is 28.8 Å². The number of halogens is 1. The number of nitrogens with zero attached hydrogens (tertiary/aromatic N) is 8. The molecule has 2 N–H and O–H groups in total. The van der Waals surface area contributed by atoms with Crippen molar-refractivity contribution >= 4 is 63.2 Å². The monoisotopic (exact) mass is 694 g/mol. The molecule has 0 unspecified atom stereocenters. The van der Waals surface area contributed by atoms with Crippen LogP contribution in [0.25, 0.3) is 22.2 Å². The van der Waals surface area contributed by atoms with Crippen LogP contribution < -0.4 is 24.8 Å². The fourth-order valence-corrected chi connectivity index (χ4v) is 5.51. The van der Waals surface area contributed by atoms with Crippen molar-refractivity contribution in [1.82, 2.24) is 34.6 Å². The predicted molar refractivity (Wildman–Crippen MR) is 183 cm³/mol. The molecule has 0 spiro atoms. The average Bonchev–Trinajstić information content (AvgIpc) is 3.43. The van der Waals surface area contributed by atoms with E-state index >= 15 is 0 Å². The van der Waals surface area contributed by atoms with E-state index in [2.05, 4.69) is 77.6 Å². The van der Waals surface area contributed by atoms with E-state index in [1.165, 1.54) is 0 Å². The first kappa shape index (κ1) is 32.1. The lowest BCUT2D eigenvalue weighted by Crippen LogP contribution is -2.28. The number of aryl methyl sites for hydroxylation is 1. The number of benzene rings is 2. The van der Waals surface area contributed by atoms with Gasteiger partial charge in [-0.3, -0.25) is 14.2 Å². The van der Waals surface area contributed by atoms with Crippen molar-refractivity contribution in [3.8, 4) is 22.6 Å². The van der Waals surface area contributed by atoms with E-state index in [9.17, 15) is 4.57 Å². The normalized spacial score (nSPS) is 11.6. The molecule has 0 amide bonds. The molecular weight excluding hydrogens is 659 g/mol. The molecule has 13 nitrogen and oxygen atoms in total. The van der Waals surface area contributed by atoms with Crippen molar-refractivity contribution in [2.45, 2.75) is 0 Å². The molecule has 0 saturated carbocycles. The lowest BCUT2D eigenvalue weighted by atomic mass is 10.0. The fraction of sp³-hybridized carbons (Fsp3) is 0.300. The Hall–Kier alpha value is -4.26. The molecule has 236 valence electrons. The first-order valence-electron chi connectivity index (χ1n) is 14.0. The highest BCUT2D eigenvalue weighted by Crippen LogP contribution is 2.46. The lowest BCUT2D eigenvalue weighted by molar-refractivity contribution is 0.413. The Morgan fingerprint density at radius 3 is 2.47 bits per heavy atom. The van der Waals surface area contributed by atoms with Crippen LogP contribution >= 0.6 is 23.3 Å². The maximum atomic E-state index is 12.7. The van der Waals surface area contributed by atoms with Crippen LogP contribution in [0.3, 0.4) is 0 Å². The van der Waals surface area contributed by atoms with Crippen molar-refractivity contribution in [3.05, 3.63) is 59.7 Å². The smallest absolute Gasteiger partial charge is 0.242 e. The third-order valence-corrected chi connectivity index (χ3v) is 7.98. The van der Waals surface area contributed by atoms with E-state index in [0.29, 0.717) is 50.1 Å². The van der Waals surface area contributed by atoms with E-state index in [-0.39, 0.29) is 0 Å². The number of hydrogen-bond donors (Lipinski definition) is 2. The van der Waals surface area contributed by atoms with Gasteiger partial charge in [-0.15, -0.1) is 0 Å². The molecular formula is C30H36BrN10O3P. The highest BCUT2D eigenvalue weighted by Gasteiger charge is 2.21. The van der Waals surface area contributed by atoms with E-state index in [4.69, 9.17) is 14.2 Å². The molecule has 3 heterocycles. The van der Waals surface area contributed by atoms with E-state index in [0.717, 1.165) is 29.9 Å². The Morgan fingerprint density at radius 1 is 1.00 bits per heavy atom. The summed E-state index contributed by atoms with van der Waals surface area (Å²) in [5.41, 5.74) is 5.25. The first-order chi connectivity index (χ1) is 21.4. The molecule has 0 bridgehead atoms. The maximum absolute atomic E-state index is 12.7. The first-order valence-corrected chi connectivity index (χ1v) is 17.3. The predicted octanol–water partition coefficient (Wildman–Crippen LogP) is 5.99. The van der Waals surface area contributed by atoms with Crippen LogP contribution in [-0.2, 0) is 11.6 Å². The minimum Gasteiger partial charge on any atom is -0.494 e. The Bertz CT molecular complexity index is 1880. The molecule has 5 aromatic rings. The Morgan fingerprint density at radius 2 is 1.78 bits per heavy atom. The van der Waals surface area contributed by atoms with E-state index in [1.54, 1.807) is 49.8 Å². The molecule has 0 aliphatic heterocycles. The molecule has 0 aliphatic rings. The van der Waals surface area contributed by atoms with Crippen LogP contribution in [0.5, 0.6) is 11.5 Å². The molecule has 0 atom stereocenters. The summed E-state index contributed by atoms with van der Waals surface area (Å²) >= 11 is 3.55.